The van der Waals surface area contributed by atoms with E-state index < -0.39 is 0 Å². The van der Waals surface area contributed by atoms with Gasteiger partial charge in [0.15, 0.2) is 0 Å². The second-order valence-electron chi connectivity index (χ2n) is 5.09. The fraction of sp³-hybridized carbons (Fsp3) is 0.375. The van der Waals surface area contributed by atoms with Gasteiger partial charge in [0.25, 0.3) is 0 Å². The van der Waals surface area contributed by atoms with Crippen LogP contribution in [0.5, 0.6) is 0 Å². The maximum Gasteiger partial charge on any atom is 0.0327 e. The molecule has 2 aromatic rings. The summed E-state index contributed by atoms with van der Waals surface area (Å²) in [4.78, 5) is 1.35. The molecule has 1 atom stereocenters. The molecule has 0 aliphatic carbocycles. The molecule has 19 heavy (non-hydrogen) atoms. The summed E-state index contributed by atoms with van der Waals surface area (Å²) in [5, 5.41) is 5.73. The predicted octanol–water partition coefficient (Wildman–Crippen LogP) is 5.29. The molecule has 0 aliphatic rings. The summed E-state index contributed by atoms with van der Waals surface area (Å²) in [6.07, 6.45) is 0. The Morgan fingerprint density at radius 3 is 2.47 bits per heavy atom. The van der Waals surface area contributed by atoms with Crippen molar-refractivity contribution < 1.29 is 0 Å². The van der Waals surface area contributed by atoms with Crippen molar-refractivity contribution in [3.05, 3.63) is 55.2 Å². The number of rotatable bonds is 4. The Labute approximate surface area is 128 Å². The average molecular weight is 338 g/mol. The van der Waals surface area contributed by atoms with E-state index in [9.17, 15) is 0 Å². The normalized spacial score (nSPS) is 12.7. The molecule has 0 radical (unpaired) electrons. The zero-order chi connectivity index (χ0) is 14.0. The summed E-state index contributed by atoms with van der Waals surface area (Å²) in [5.74, 6) is 0. The van der Waals surface area contributed by atoms with Gasteiger partial charge >= 0.3 is 0 Å². The van der Waals surface area contributed by atoms with Crippen LogP contribution >= 0.6 is 27.3 Å². The molecule has 3 heteroatoms. The summed E-state index contributed by atoms with van der Waals surface area (Å²) >= 11 is 5.37. The van der Waals surface area contributed by atoms with Crippen LogP contribution in [0.4, 0.5) is 0 Å². The molecule has 1 unspecified atom stereocenters. The van der Waals surface area contributed by atoms with E-state index in [2.05, 4.69) is 72.5 Å². The van der Waals surface area contributed by atoms with Crippen LogP contribution in [0.15, 0.2) is 28.1 Å². The highest BCUT2D eigenvalue weighted by molar-refractivity contribution is 9.10. The summed E-state index contributed by atoms with van der Waals surface area (Å²) in [7, 11) is 0. The van der Waals surface area contributed by atoms with E-state index in [1.165, 1.54) is 31.6 Å². The van der Waals surface area contributed by atoms with E-state index in [1.54, 1.807) is 11.3 Å². The Morgan fingerprint density at radius 1 is 1.16 bits per heavy atom. The van der Waals surface area contributed by atoms with Crippen LogP contribution in [0, 0.1) is 20.8 Å². The quantitative estimate of drug-likeness (QED) is 0.799. The number of aryl methyl sites for hydroxylation is 3. The Morgan fingerprint density at radius 2 is 1.84 bits per heavy atom. The van der Waals surface area contributed by atoms with E-state index in [1.807, 2.05) is 0 Å². The van der Waals surface area contributed by atoms with Gasteiger partial charge in [0, 0.05) is 21.9 Å². The van der Waals surface area contributed by atoms with Gasteiger partial charge in [0.1, 0.15) is 0 Å². The van der Waals surface area contributed by atoms with Crippen LogP contribution in [0.25, 0.3) is 0 Å². The molecular weight excluding hydrogens is 318 g/mol. The predicted molar refractivity (Wildman–Crippen MR) is 87.9 cm³/mol. The molecule has 0 bridgehead atoms. The van der Waals surface area contributed by atoms with Crippen molar-refractivity contribution in [3.8, 4) is 0 Å². The molecule has 1 aromatic heterocycles. The molecule has 0 saturated heterocycles. The van der Waals surface area contributed by atoms with Crippen LogP contribution in [0.1, 0.15) is 40.1 Å². The number of benzene rings is 1. The van der Waals surface area contributed by atoms with Crippen LogP contribution in [-0.4, -0.2) is 0 Å². The lowest BCUT2D eigenvalue weighted by molar-refractivity contribution is 0.575. The highest BCUT2D eigenvalue weighted by atomic mass is 79.9. The molecule has 0 saturated carbocycles. The lowest BCUT2D eigenvalue weighted by Gasteiger charge is -2.18. The maximum atomic E-state index is 3.61. The van der Waals surface area contributed by atoms with Crippen molar-refractivity contribution in [1.82, 2.24) is 5.32 Å². The second-order valence-corrected chi connectivity index (χ2v) is 6.94. The van der Waals surface area contributed by atoms with Crippen LogP contribution in [0.3, 0.4) is 0 Å². The molecule has 1 heterocycles. The molecule has 1 N–H and O–H groups in total. The van der Waals surface area contributed by atoms with Crippen molar-refractivity contribution in [3.63, 3.8) is 0 Å². The maximum absolute atomic E-state index is 3.61. The first kappa shape index (κ1) is 14.8. The first-order valence-electron chi connectivity index (χ1n) is 6.52. The van der Waals surface area contributed by atoms with E-state index in [-0.39, 0.29) is 0 Å². The minimum absolute atomic E-state index is 0.369. The number of nitrogens with one attached hydrogen (secondary N) is 1. The molecule has 1 aromatic carbocycles. The van der Waals surface area contributed by atoms with Crippen molar-refractivity contribution in [2.45, 2.75) is 40.3 Å². The smallest absolute Gasteiger partial charge is 0.0327 e. The Bertz CT molecular complexity index is 574. The van der Waals surface area contributed by atoms with Gasteiger partial charge in [-0.1, -0.05) is 12.1 Å². The van der Waals surface area contributed by atoms with Gasteiger partial charge < -0.3 is 5.32 Å². The lowest BCUT2D eigenvalue weighted by atomic mass is 9.96. The molecule has 0 spiro atoms. The highest BCUT2D eigenvalue weighted by Gasteiger charge is 2.10. The molecule has 102 valence electrons. The Balaban J connectivity index is 2.10. The van der Waals surface area contributed by atoms with E-state index in [0.29, 0.717) is 6.04 Å². The van der Waals surface area contributed by atoms with Gasteiger partial charge in [0.05, 0.1) is 0 Å². The summed E-state index contributed by atoms with van der Waals surface area (Å²) in [5.41, 5.74) is 5.50. The van der Waals surface area contributed by atoms with Gasteiger partial charge in [-0.25, -0.2) is 0 Å². The van der Waals surface area contributed by atoms with Crippen LogP contribution in [0.2, 0.25) is 0 Å². The minimum atomic E-state index is 0.369. The van der Waals surface area contributed by atoms with Gasteiger partial charge in [-0.05, 0) is 77.3 Å². The number of hydrogen-bond donors (Lipinski definition) is 1. The fourth-order valence-corrected chi connectivity index (χ4v) is 3.70. The van der Waals surface area contributed by atoms with Crippen LogP contribution in [-0.2, 0) is 6.54 Å². The number of thiophene rings is 1. The number of halogens is 1. The highest BCUT2D eigenvalue weighted by Crippen LogP contribution is 2.25. The topological polar surface area (TPSA) is 12.0 Å². The SMILES string of the molecule is Cc1cc(C)c(C(C)NCc2sccc2Br)cc1C. The van der Waals surface area contributed by atoms with Gasteiger partial charge in [-0.3, -0.25) is 0 Å². The summed E-state index contributed by atoms with van der Waals surface area (Å²) < 4.78 is 1.20. The number of hydrogen-bond acceptors (Lipinski definition) is 2. The van der Waals surface area contributed by atoms with Crippen molar-refractivity contribution in [2.75, 3.05) is 0 Å². The average Bonchev–Trinajstić information content (AvgIpc) is 2.76. The molecule has 0 fully saturated rings. The molecule has 1 nitrogen and oxygen atoms in total. The third kappa shape index (κ3) is 3.47. The first-order chi connectivity index (χ1) is 8.99. The Kier molecular flexibility index (Phi) is 4.82. The standard InChI is InChI=1S/C16H20BrNS/c1-10-7-12(3)14(8-11(10)2)13(4)18-9-16-15(17)5-6-19-16/h5-8,13,18H,9H2,1-4H3. The summed E-state index contributed by atoms with van der Waals surface area (Å²) in [6.45, 7) is 9.69. The first-order valence-corrected chi connectivity index (χ1v) is 8.19. The van der Waals surface area contributed by atoms with Gasteiger partial charge in [0.2, 0.25) is 0 Å². The third-order valence-corrected chi connectivity index (χ3v) is 5.54. The van der Waals surface area contributed by atoms with E-state index in [4.69, 9.17) is 0 Å². The molecule has 0 amide bonds. The van der Waals surface area contributed by atoms with Gasteiger partial charge in [-0.15, -0.1) is 11.3 Å². The molecule has 2 rings (SSSR count). The lowest BCUT2D eigenvalue weighted by Crippen LogP contribution is -2.18. The van der Waals surface area contributed by atoms with Crippen molar-refractivity contribution in [1.29, 1.82) is 0 Å². The minimum Gasteiger partial charge on any atom is -0.305 e. The van der Waals surface area contributed by atoms with E-state index >= 15 is 0 Å². The second kappa shape index (κ2) is 6.21. The zero-order valence-corrected chi connectivity index (χ0v) is 14.3. The van der Waals surface area contributed by atoms with Crippen LogP contribution < -0.4 is 5.32 Å². The monoisotopic (exact) mass is 337 g/mol. The zero-order valence-electron chi connectivity index (χ0n) is 11.9. The third-order valence-electron chi connectivity index (χ3n) is 3.61. The van der Waals surface area contributed by atoms with Crippen molar-refractivity contribution >= 4 is 27.3 Å². The molecular formula is C16H20BrNS. The molecule has 0 aliphatic heterocycles. The summed E-state index contributed by atoms with van der Waals surface area (Å²) in [6, 6.07) is 7.07. The van der Waals surface area contributed by atoms with Crippen molar-refractivity contribution in [2.24, 2.45) is 0 Å². The largest absolute Gasteiger partial charge is 0.305 e. The Hall–Kier alpha value is -0.640. The van der Waals surface area contributed by atoms with Gasteiger partial charge in [-0.2, -0.15) is 0 Å². The fourth-order valence-electron chi connectivity index (χ4n) is 2.26. The van der Waals surface area contributed by atoms with E-state index in [0.717, 1.165) is 6.54 Å².